The van der Waals surface area contributed by atoms with Crippen LogP contribution in [0.4, 0.5) is 0 Å². The third-order valence-electron chi connectivity index (χ3n) is 10.5. The predicted octanol–water partition coefficient (Wildman–Crippen LogP) is 12.3. The quantitative estimate of drug-likeness (QED) is 0.188. The van der Waals surface area contributed by atoms with Crippen LogP contribution in [0.25, 0.3) is 99.3 Å². The zero-order chi connectivity index (χ0) is 34.2. The summed E-state index contributed by atoms with van der Waals surface area (Å²) in [7, 11) is 0. The lowest BCUT2D eigenvalue weighted by molar-refractivity contribution is 1.08. The first-order valence-corrected chi connectivity index (χ1v) is 17.7. The fraction of sp³-hybridized carbons (Fsp3) is 0. The van der Waals surface area contributed by atoms with E-state index in [0.717, 1.165) is 50.4 Å². The van der Waals surface area contributed by atoms with Crippen LogP contribution in [0.15, 0.2) is 182 Å². The summed E-state index contributed by atoms with van der Waals surface area (Å²) < 4.78 is 4.75. The molecular weight excluding hydrogens is 633 g/mol. The van der Waals surface area contributed by atoms with Gasteiger partial charge in [-0.2, -0.15) is 0 Å². The van der Waals surface area contributed by atoms with E-state index in [0.29, 0.717) is 0 Å². The molecule has 11 rings (SSSR count). The number of nitrogens with zero attached hydrogens (tertiary/aromatic N) is 4. The van der Waals surface area contributed by atoms with Crippen molar-refractivity contribution in [3.63, 3.8) is 0 Å². The molecule has 11 aromatic rings. The Hall–Kier alpha value is -7.04. The molecule has 0 unspecified atom stereocenters. The molecule has 4 nitrogen and oxygen atoms in total. The van der Waals surface area contributed by atoms with Crippen molar-refractivity contribution in [1.82, 2.24) is 19.1 Å². The molecular formula is C48H30N4. The standard InChI is InChI=1S/C48H30N4/c1-2-13-31(14-3-1)33-16-12-17-34(29-33)46-48(50-42-22-9-8-21-41(42)49-46)52-45-28-26-35(30-40(45)39-27-25-32-15-4-5-18-36(32)47(39)52)51-43-23-10-6-19-37(43)38-20-7-11-24-44(38)51/h1-30H. The summed E-state index contributed by atoms with van der Waals surface area (Å²) in [6, 6.07) is 64.8. The molecule has 0 spiro atoms. The van der Waals surface area contributed by atoms with E-state index in [-0.39, 0.29) is 0 Å². The topological polar surface area (TPSA) is 35.6 Å². The molecule has 0 fully saturated rings. The Balaban J connectivity index is 1.25. The highest BCUT2D eigenvalue weighted by Gasteiger charge is 2.22. The third-order valence-corrected chi connectivity index (χ3v) is 10.5. The van der Waals surface area contributed by atoms with Crippen LogP contribution in [0.5, 0.6) is 0 Å². The van der Waals surface area contributed by atoms with Crippen LogP contribution in [0.1, 0.15) is 0 Å². The molecule has 0 amide bonds. The zero-order valence-electron chi connectivity index (χ0n) is 28.1. The van der Waals surface area contributed by atoms with E-state index in [9.17, 15) is 0 Å². The van der Waals surface area contributed by atoms with E-state index in [1.165, 1.54) is 48.9 Å². The Labute approximate surface area is 299 Å². The van der Waals surface area contributed by atoms with Crippen LogP contribution in [-0.2, 0) is 0 Å². The zero-order valence-corrected chi connectivity index (χ0v) is 28.1. The van der Waals surface area contributed by atoms with Crippen molar-refractivity contribution in [2.24, 2.45) is 0 Å². The van der Waals surface area contributed by atoms with Gasteiger partial charge >= 0.3 is 0 Å². The molecule has 52 heavy (non-hydrogen) atoms. The molecule has 8 aromatic carbocycles. The second-order valence-electron chi connectivity index (χ2n) is 13.4. The van der Waals surface area contributed by atoms with Crippen LogP contribution < -0.4 is 0 Å². The second-order valence-corrected chi connectivity index (χ2v) is 13.4. The number of aromatic nitrogens is 4. The van der Waals surface area contributed by atoms with Crippen molar-refractivity contribution >= 4 is 65.4 Å². The van der Waals surface area contributed by atoms with Crippen molar-refractivity contribution in [3.05, 3.63) is 182 Å². The van der Waals surface area contributed by atoms with E-state index >= 15 is 0 Å². The summed E-state index contributed by atoms with van der Waals surface area (Å²) in [5.74, 6) is 0.810. The van der Waals surface area contributed by atoms with Gasteiger partial charge in [0.15, 0.2) is 5.82 Å². The van der Waals surface area contributed by atoms with Crippen molar-refractivity contribution in [2.45, 2.75) is 0 Å². The number of hydrogen-bond donors (Lipinski definition) is 0. The summed E-state index contributed by atoms with van der Waals surface area (Å²) in [5.41, 5.74) is 11.6. The summed E-state index contributed by atoms with van der Waals surface area (Å²) in [6.45, 7) is 0. The van der Waals surface area contributed by atoms with Gasteiger partial charge in [0.2, 0.25) is 0 Å². The smallest absolute Gasteiger partial charge is 0.165 e. The highest BCUT2D eigenvalue weighted by atomic mass is 15.1. The summed E-state index contributed by atoms with van der Waals surface area (Å²) in [5, 5.41) is 7.20. The lowest BCUT2D eigenvalue weighted by Crippen LogP contribution is -2.04. The van der Waals surface area contributed by atoms with Gasteiger partial charge in [-0.3, -0.25) is 4.57 Å². The maximum Gasteiger partial charge on any atom is 0.165 e. The fourth-order valence-corrected chi connectivity index (χ4v) is 8.15. The molecule has 4 heteroatoms. The minimum Gasteiger partial charge on any atom is -0.309 e. The van der Waals surface area contributed by atoms with Crippen molar-refractivity contribution in [3.8, 4) is 33.9 Å². The van der Waals surface area contributed by atoms with Gasteiger partial charge in [0.25, 0.3) is 0 Å². The Bertz CT molecular complexity index is 3130. The maximum absolute atomic E-state index is 5.45. The van der Waals surface area contributed by atoms with Gasteiger partial charge < -0.3 is 4.57 Å². The second kappa shape index (κ2) is 11.2. The number of rotatable bonds is 4. The van der Waals surface area contributed by atoms with E-state index in [1.807, 2.05) is 12.1 Å². The summed E-state index contributed by atoms with van der Waals surface area (Å²) >= 11 is 0. The van der Waals surface area contributed by atoms with Crippen LogP contribution in [0.2, 0.25) is 0 Å². The molecule has 0 aliphatic carbocycles. The Kier molecular flexibility index (Phi) is 6.22. The molecule has 0 saturated heterocycles. The van der Waals surface area contributed by atoms with Crippen LogP contribution >= 0.6 is 0 Å². The number of benzene rings is 8. The average molecular weight is 663 g/mol. The van der Waals surface area contributed by atoms with Crippen LogP contribution in [-0.4, -0.2) is 19.1 Å². The Morgan fingerprint density at radius 1 is 0.346 bits per heavy atom. The molecule has 0 aliphatic rings. The summed E-state index contributed by atoms with van der Waals surface area (Å²) in [6.07, 6.45) is 0. The first-order valence-electron chi connectivity index (χ1n) is 17.7. The third kappa shape index (κ3) is 4.28. The predicted molar refractivity (Wildman–Crippen MR) is 217 cm³/mol. The highest BCUT2D eigenvalue weighted by molar-refractivity contribution is 6.19. The van der Waals surface area contributed by atoms with Gasteiger partial charge in [0.05, 0.1) is 33.1 Å². The minimum atomic E-state index is 0.810. The number of para-hydroxylation sites is 4. The minimum absolute atomic E-state index is 0.810. The molecule has 242 valence electrons. The average Bonchev–Trinajstić information content (AvgIpc) is 3.73. The lowest BCUT2D eigenvalue weighted by Gasteiger charge is -2.15. The van der Waals surface area contributed by atoms with Crippen LogP contribution in [0, 0.1) is 0 Å². The fourth-order valence-electron chi connectivity index (χ4n) is 8.15. The Morgan fingerprint density at radius 2 is 0.962 bits per heavy atom. The highest BCUT2D eigenvalue weighted by Crippen LogP contribution is 2.41. The summed E-state index contributed by atoms with van der Waals surface area (Å²) in [4.78, 5) is 10.8. The van der Waals surface area contributed by atoms with Crippen molar-refractivity contribution in [2.75, 3.05) is 0 Å². The van der Waals surface area contributed by atoms with E-state index in [1.54, 1.807) is 0 Å². The normalized spacial score (nSPS) is 11.8. The van der Waals surface area contributed by atoms with E-state index in [2.05, 4.69) is 179 Å². The Morgan fingerprint density at radius 3 is 1.75 bits per heavy atom. The molecule has 3 heterocycles. The molecule has 0 radical (unpaired) electrons. The molecule has 0 N–H and O–H groups in total. The maximum atomic E-state index is 5.45. The van der Waals surface area contributed by atoms with Gasteiger partial charge in [-0.05, 0) is 65.0 Å². The SMILES string of the molecule is c1ccc(-c2cccc(-c3nc4ccccc4nc3-n3c4ccc(-n5c6ccccc6c6ccccc65)cc4c4ccc5ccccc5c43)c2)cc1. The molecule has 0 bridgehead atoms. The lowest BCUT2D eigenvalue weighted by atomic mass is 10.0. The van der Waals surface area contributed by atoms with Gasteiger partial charge in [-0.15, -0.1) is 0 Å². The van der Waals surface area contributed by atoms with Gasteiger partial charge in [-0.1, -0.05) is 133 Å². The van der Waals surface area contributed by atoms with Gasteiger partial charge in [0.1, 0.15) is 5.69 Å². The van der Waals surface area contributed by atoms with E-state index < -0.39 is 0 Å². The first kappa shape index (κ1) is 28.8. The molecule has 0 atom stereocenters. The number of fused-ring (bicyclic) bond motifs is 9. The monoisotopic (exact) mass is 662 g/mol. The largest absolute Gasteiger partial charge is 0.309 e. The van der Waals surface area contributed by atoms with Crippen molar-refractivity contribution < 1.29 is 0 Å². The molecule has 0 aliphatic heterocycles. The first-order chi connectivity index (χ1) is 25.8. The molecule has 3 aromatic heterocycles. The number of hydrogen-bond acceptors (Lipinski definition) is 2. The van der Waals surface area contributed by atoms with Gasteiger partial charge in [-0.25, -0.2) is 9.97 Å². The van der Waals surface area contributed by atoms with Crippen LogP contribution in [0.3, 0.4) is 0 Å². The van der Waals surface area contributed by atoms with Crippen molar-refractivity contribution in [1.29, 1.82) is 0 Å². The van der Waals surface area contributed by atoms with Gasteiger partial charge in [0, 0.05) is 38.2 Å². The van der Waals surface area contributed by atoms with E-state index in [4.69, 9.17) is 9.97 Å². The molecule has 0 saturated carbocycles.